The molecule has 0 saturated carbocycles. The number of unbranched alkanes of at least 4 members (excludes halogenated alkanes) is 1. The molecule has 0 aromatic heterocycles. The monoisotopic (exact) mass is 359 g/mol. The number of rotatable bonds is 16. The number of hydrogen-bond donors (Lipinski definition) is 1. The minimum absolute atomic E-state index is 0.132. The van der Waals surface area contributed by atoms with Crippen LogP contribution in [0.4, 0.5) is 0 Å². The highest BCUT2D eigenvalue weighted by molar-refractivity contribution is 5.79. The number of amides is 1. The summed E-state index contributed by atoms with van der Waals surface area (Å²) in [7, 11) is 0. The predicted molar refractivity (Wildman–Crippen MR) is 103 cm³/mol. The normalized spacial score (nSPS) is 15.0. The van der Waals surface area contributed by atoms with Crippen molar-refractivity contribution in [1.82, 2.24) is 4.90 Å². The highest BCUT2D eigenvalue weighted by Crippen LogP contribution is 2.18. The lowest BCUT2D eigenvalue weighted by molar-refractivity contribution is -0.139. The van der Waals surface area contributed by atoms with Gasteiger partial charge in [-0.1, -0.05) is 40.5 Å². The molecule has 0 radical (unpaired) electrons. The second kappa shape index (κ2) is 15.6. The quantitative estimate of drug-likeness (QED) is 0.428. The molecule has 0 saturated heterocycles. The first-order valence-electron chi connectivity index (χ1n) is 10.2. The Hall–Kier alpha value is -0.650. The van der Waals surface area contributed by atoms with Gasteiger partial charge in [-0.2, -0.15) is 0 Å². The van der Waals surface area contributed by atoms with Gasteiger partial charge in [0, 0.05) is 18.5 Å². The van der Waals surface area contributed by atoms with Gasteiger partial charge >= 0.3 is 0 Å². The van der Waals surface area contributed by atoms with E-state index in [-0.39, 0.29) is 17.9 Å². The van der Waals surface area contributed by atoms with Crippen molar-refractivity contribution in [3.05, 3.63) is 0 Å². The zero-order chi connectivity index (χ0) is 19.1. The average molecular weight is 360 g/mol. The Morgan fingerprint density at radius 1 is 1.00 bits per heavy atom. The highest BCUT2D eigenvalue weighted by Gasteiger charge is 2.25. The first-order valence-corrected chi connectivity index (χ1v) is 10.2. The van der Waals surface area contributed by atoms with Crippen LogP contribution in [0.3, 0.4) is 0 Å². The van der Waals surface area contributed by atoms with E-state index in [1.54, 1.807) is 0 Å². The van der Waals surface area contributed by atoms with Crippen molar-refractivity contribution in [2.75, 3.05) is 33.0 Å². The largest absolute Gasteiger partial charge is 0.391 e. The van der Waals surface area contributed by atoms with E-state index in [0.29, 0.717) is 39.4 Å². The van der Waals surface area contributed by atoms with Gasteiger partial charge in [0.05, 0.1) is 32.5 Å². The SMILES string of the molecule is CCCCC(CC)C(=O)N(CCOCCOCC(O)CC)C(C)CC. The molecule has 5 nitrogen and oxygen atoms in total. The smallest absolute Gasteiger partial charge is 0.225 e. The minimum atomic E-state index is -0.396. The van der Waals surface area contributed by atoms with Crippen LogP contribution in [0.2, 0.25) is 0 Å². The van der Waals surface area contributed by atoms with Gasteiger partial charge in [-0.15, -0.1) is 0 Å². The summed E-state index contributed by atoms with van der Waals surface area (Å²) in [6.45, 7) is 12.9. The molecule has 0 fully saturated rings. The molecule has 3 unspecified atom stereocenters. The van der Waals surface area contributed by atoms with Crippen molar-refractivity contribution >= 4 is 5.91 Å². The molecule has 0 aliphatic rings. The van der Waals surface area contributed by atoms with Crippen LogP contribution in [0.5, 0.6) is 0 Å². The maximum Gasteiger partial charge on any atom is 0.225 e. The molecule has 25 heavy (non-hydrogen) atoms. The number of aliphatic hydroxyl groups is 1. The second-order valence-electron chi connectivity index (χ2n) is 6.79. The molecule has 3 atom stereocenters. The van der Waals surface area contributed by atoms with Crippen molar-refractivity contribution < 1.29 is 19.4 Å². The number of carbonyl (C=O) groups is 1. The second-order valence-corrected chi connectivity index (χ2v) is 6.79. The summed E-state index contributed by atoms with van der Waals surface area (Å²) in [5, 5.41) is 9.41. The third-order valence-electron chi connectivity index (χ3n) is 4.78. The van der Waals surface area contributed by atoms with Gasteiger partial charge in [-0.3, -0.25) is 4.79 Å². The molecule has 150 valence electrons. The molecule has 0 spiro atoms. The minimum Gasteiger partial charge on any atom is -0.391 e. The lowest BCUT2D eigenvalue weighted by atomic mass is 9.97. The summed E-state index contributed by atoms with van der Waals surface area (Å²) in [5.74, 6) is 0.407. The Labute approximate surface area is 155 Å². The molecule has 0 aromatic carbocycles. The van der Waals surface area contributed by atoms with Crippen LogP contribution in [0, 0.1) is 5.92 Å². The van der Waals surface area contributed by atoms with E-state index in [4.69, 9.17) is 9.47 Å². The summed E-state index contributed by atoms with van der Waals surface area (Å²) in [4.78, 5) is 14.9. The van der Waals surface area contributed by atoms with Crippen LogP contribution >= 0.6 is 0 Å². The molecule has 0 bridgehead atoms. The van der Waals surface area contributed by atoms with Crippen LogP contribution in [0.15, 0.2) is 0 Å². The highest BCUT2D eigenvalue weighted by atomic mass is 16.5. The first-order chi connectivity index (χ1) is 12.0. The summed E-state index contributed by atoms with van der Waals surface area (Å²) in [6, 6.07) is 0.239. The lowest BCUT2D eigenvalue weighted by Gasteiger charge is -2.32. The van der Waals surface area contributed by atoms with E-state index in [1.807, 2.05) is 11.8 Å². The summed E-state index contributed by atoms with van der Waals surface area (Å²) in [6.07, 6.45) is 5.37. The van der Waals surface area contributed by atoms with Crippen LogP contribution in [-0.2, 0) is 14.3 Å². The molecule has 0 aliphatic carbocycles. The third-order valence-corrected chi connectivity index (χ3v) is 4.78. The summed E-state index contributed by atoms with van der Waals surface area (Å²) < 4.78 is 11.0. The van der Waals surface area contributed by atoms with Crippen molar-refractivity contribution in [2.45, 2.75) is 85.3 Å². The standard InChI is InChI=1S/C20H41NO4/c1-6-10-11-18(8-3)20(23)21(17(5)7-2)12-13-24-14-15-25-16-19(22)9-4/h17-19,22H,6-16H2,1-5H3. The summed E-state index contributed by atoms with van der Waals surface area (Å²) in [5.41, 5.74) is 0. The number of aliphatic hydroxyl groups excluding tert-OH is 1. The molecule has 0 rings (SSSR count). The van der Waals surface area contributed by atoms with Gasteiger partial charge in [0.2, 0.25) is 5.91 Å². The molecular formula is C20H41NO4. The Bertz CT molecular complexity index is 325. The van der Waals surface area contributed by atoms with Crippen molar-refractivity contribution in [2.24, 2.45) is 5.92 Å². The van der Waals surface area contributed by atoms with Crippen molar-refractivity contribution in [3.63, 3.8) is 0 Å². The van der Waals surface area contributed by atoms with E-state index in [0.717, 1.165) is 32.1 Å². The Kier molecular flexibility index (Phi) is 15.2. The van der Waals surface area contributed by atoms with Crippen molar-refractivity contribution in [3.8, 4) is 0 Å². The maximum atomic E-state index is 12.9. The van der Waals surface area contributed by atoms with Crippen LogP contribution < -0.4 is 0 Å². The Morgan fingerprint density at radius 2 is 1.68 bits per heavy atom. The molecule has 0 aromatic rings. The third kappa shape index (κ3) is 10.8. The van der Waals surface area contributed by atoms with Crippen LogP contribution in [-0.4, -0.2) is 61.0 Å². The predicted octanol–water partition coefficient (Wildman–Crippen LogP) is 3.63. The average Bonchev–Trinajstić information content (AvgIpc) is 2.63. The van der Waals surface area contributed by atoms with Gasteiger partial charge in [0.15, 0.2) is 0 Å². The molecule has 5 heteroatoms. The van der Waals surface area contributed by atoms with E-state index in [2.05, 4.69) is 27.7 Å². The fourth-order valence-electron chi connectivity index (χ4n) is 2.68. The van der Waals surface area contributed by atoms with E-state index in [9.17, 15) is 9.90 Å². The Balaban J connectivity index is 4.24. The zero-order valence-electron chi connectivity index (χ0n) is 17.1. The first kappa shape index (κ1) is 24.4. The van der Waals surface area contributed by atoms with Gasteiger partial charge in [-0.25, -0.2) is 0 Å². The summed E-state index contributed by atoms with van der Waals surface area (Å²) >= 11 is 0. The van der Waals surface area contributed by atoms with E-state index < -0.39 is 6.10 Å². The fraction of sp³-hybridized carbons (Fsp3) is 0.950. The van der Waals surface area contributed by atoms with Crippen LogP contribution in [0.25, 0.3) is 0 Å². The Morgan fingerprint density at radius 3 is 2.24 bits per heavy atom. The molecule has 0 aliphatic heterocycles. The molecule has 1 N–H and O–H groups in total. The van der Waals surface area contributed by atoms with Gasteiger partial charge in [-0.05, 0) is 32.6 Å². The maximum absolute atomic E-state index is 12.9. The zero-order valence-corrected chi connectivity index (χ0v) is 17.1. The fourth-order valence-corrected chi connectivity index (χ4v) is 2.68. The van der Waals surface area contributed by atoms with Crippen molar-refractivity contribution in [1.29, 1.82) is 0 Å². The van der Waals surface area contributed by atoms with Gasteiger partial charge < -0.3 is 19.5 Å². The van der Waals surface area contributed by atoms with E-state index in [1.165, 1.54) is 0 Å². The number of carbonyl (C=O) groups excluding carboxylic acids is 1. The number of ether oxygens (including phenoxy) is 2. The van der Waals surface area contributed by atoms with Gasteiger partial charge in [0.25, 0.3) is 0 Å². The number of nitrogens with zero attached hydrogens (tertiary/aromatic N) is 1. The van der Waals surface area contributed by atoms with E-state index >= 15 is 0 Å². The molecular weight excluding hydrogens is 318 g/mol. The molecule has 0 heterocycles. The topological polar surface area (TPSA) is 59.0 Å². The lowest BCUT2D eigenvalue weighted by Crippen LogP contribution is -2.44. The molecule has 1 amide bonds. The van der Waals surface area contributed by atoms with Gasteiger partial charge in [0.1, 0.15) is 0 Å². The van der Waals surface area contributed by atoms with Crippen LogP contribution in [0.1, 0.15) is 73.1 Å². The number of hydrogen-bond acceptors (Lipinski definition) is 4.